The van der Waals surface area contributed by atoms with E-state index in [1.54, 1.807) is 23.1 Å². The Hall–Kier alpha value is -1.56. The summed E-state index contributed by atoms with van der Waals surface area (Å²) in [5.74, 6) is -0.376. The molecule has 2 amide bonds. The van der Waals surface area contributed by atoms with Crippen molar-refractivity contribution in [1.29, 1.82) is 0 Å². The summed E-state index contributed by atoms with van der Waals surface area (Å²) >= 11 is 1.43. The quantitative estimate of drug-likeness (QED) is 0.906. The molecule has 4 nitrogen and oxygen atoms in total. The van der Waals surface area contributed by atoms with Crippen molar-refractivity contribution >= 4 is 23.6 Å². The van der Waals surface area contributed by atoms with Gasteiger partial charge in [-0.1, -0.05) is 18.2 Å². The number of nitrogens with zero attached hydrogens (tertiary/aromatic N) is 1. The molecule has 1 heterocycles. The Morgan fingerprint density at radius 2 is 2.14 bits per heavy atom. The number of benzene rings is 1. The number of amides is 2. The van der Waals surface area contributed by atoms with Crippen molar-refractivity contribution in [3.63, 3.8) is 0 Å². The summed E-state index contributed by atoms with van der Waals surface area (Å²) in [5, 5.41) is 2.35. The highest BCUT2D eigenvalue weighted by atomic mass is 32.2. The minimum Gasteiger partial charge on any atom is -0.353 e. The Morgan fingerprint density at radius 1 is 1.41 bits per heavy atom. The van der Waals surface area contributed by atoms with Crippen molar-refractivity contribution < 1.29 is 14.0 Å². The molecule has 2 fully saturated rings. The van der Waals surface area contributed by atoms with Crippen molar-refractivity contribution in [3.05, 3.63) is 35.6 Å². The minimum atomic E-state index is -0.350. The van der Waals surface area contributed by atoms with Crippen LogP contribution in [0, 0.1) is 5.82 Å². The van der Waals surface area contributed by atoms with Crippen LogP contribution in [-0.4, -0.2) is 34.6 Å². The van der Waals surface area contributed by atoms with Gasteiger partial charge in [0, 0.05) is 24.6 Å². The second-order valence-corrected chi connectivity index (χ2v) is 7.20. The molecule has 1 aliphatic heterocycles. The Bertz CT molecular complexity index is 591. The van der Waals surface area contributed by atoms with Crippen molar-refractivity contribution in [2.24, 2.45) is 0 Å². The van der Waals surface area contributed by atoms with Gasteiger partial charge in [0.15, 0.2) is 0 Å². The molecule has 6 heteroatoms. The van der Waals surface area contributed by atoms with E-state index in [1.807, 2.05) is 6.92 Å². The summed E-state index contributed by atoms with van der Waals surface area (Å²) in [4.78, 5) is 25.7. The van der Waals surface area contributed by atoms with Crippen molar-refractivity contribution in [1.82, 2.24) is 10.2 Å². The lowest BCUT2D eigenvalue weighted by Crippen LogP contribution is -2.35. The molecular formula is C16H19FN2O2S. The van der Waals surface area contributed by atoms with E-state index >= 15 is 0 Å². The fourth-order valence-electron chi connectivity index (χ4n) is 2.57. The highest BCUT2D eigenvalue weighted by molar-refractivity contribution is 8.01. The van der Waals surface area contributed by atoms with E-state index in [1.165, 1.54) is 17.8 Å². The number of hydrogen-bond acceptors (Lipinski definition) is 3. The van der Waals surface area contributed by atoms with E-state index < -0.39 is 0 Å². The predicted molar refractivity (Wildman–Crippen MR) is 83.7 cm³/mol. The van der Waals surface area contributed by atoms with Gasteiger partial charge in [-0.15, -0.1) is 11.8 Å². The number of halogens is 1. The van der Waals surface area contributed by atoms with Crippen LogP contribution in [-0.2, 0) is 9.59 Å². The molecule has 1 N–H and O–H groups in total. The van der Waals surface area contributed by atoms with Gasteiger partial charge in [0.2, 0.25) is 11.8 Å². The maximum absolute atomic E-state index is 14.0. The zero-order chi connectivity index (χ0) is 15.7. The third-order valence-corrected chi connectivity index (χ3v) is 5.32. The molecule has 1 saturated heterocycles. The van der Waals surface area contributed by atoms with E-state index in [0.717, 1.165) is 12.8 Å². The molecule has 2 atom stereocenters. The van der Waals surface area contributed by atoms with Crippen LogP contribution in [0.25, 0.3) is 0 Å². The second-order valence-electron chi connectivity index (χ2n) is 5.78. The maximum atomic E-state index is 14.0. The summed E-state index contributed by atoms with van der Waals surface area (Å²) in [5.41, 5.74) is 0.507. The lowest BCUT2D eigenvalue weighted by molar-refractivity contribution is -0.130. The topological polar surface area (TPSA) is 49.4 Å². The first-order chi connectivity index (χ1) is 10.6. The molecule has 3 rings (SSSR count). The standard InChI is InChI=1S/C16H19FN2O2S/c1-10-15(21)19(9-8-14(20)18-11-6-7-11)16(22-10)12-4-2-3-5-13(12)17/h2-5,10-11,16H,6-9H2,1H3,(H,18,20)/t10-,16-/m1/s1. The Kier molecular flexibility index (Phi) is 4.38. The van der Waals surface area contributed by atoms with Gasteiger partial charge in [-0.2, -0.15) is 0 Å². The van der Waals surface area contributed by atoms with Crippen LogP contribution in [0.2, 0.25) is 0 Å². The minimum absolute atomic E-state index is 0.0301. The molecule has 1 aromatic rings. The van der Waals surface area contributed by atoms with Gasteiger partial charge in [0.25, 0.3) is 0 Å². The van der Waals surface area contributed by atoms with E-state index in [2.05, 4.69) is 5.32 Å². The summed E-state index contributed by atoms with van der Waals surface area (Å²) in [6.07, 6.45) is 2.35. The summed E-state index contributed by atoms with van der Waals surface area (Å²) in [7, 11) is 0. The number of rotatable bonds is 5. The van der Waals surface area contributed by atoms with Crippen LogP contribution in [0.15, 0.2) is 24.3 Å². The van der Waals surface area contributed by atoms with Crippen LogP contribution in [0.1, 0.15) is 37.1 Å². The highest BCUT2D eigenvalue weighted by Crippen LogP contribution is 2.43. The van der Waals surface area contributed by atoms with E-state index in [9.17, 15) is 14.0 Å². The zero-order valence-electron chi connectivity index (χ0n) is 12.4. The van der Waals surface area contributed by atoms with Gasteiger partial charge >= 0.3 is 0 Å². The zero-order valence-corrected chi connectivity index (χ0v) is 13.2. The van der Waals surface area contributed by atoms with Gasteiger partial charge in [-0.3, -0.25) is 9.59 Å². The van der Waals surface area contributed by atoms with Gasteiger partial charge < -0.3 is 10.2 Å². The fourth-order valence-corrected chi connectivity index (χ4v) is 3.90. The molecule has 0 bridgehead atoms. The van der Waals surface area contributed by atoms with Crippen LogP contribution < -0.4 is 5.32 Å². The molecule has 0 aromatic heterocycles. The Balaban J connectivity index is 1.69. The van der Waals surface area contributed by atoms with Crippen LogP contribution in [0.5, 0.6) is 0 Å². The first-order valence-electron chi connectivity index (χ1n) is 7.56. The Morgan fingerprint density at radius 3 is 2.82 bits per heavy atom. The number of carbonyl (C=O) groups excluding carboxylic acids is 2. The summed E-state index contributed by atoms with van der Waals surface area (Å²) in [6, 6.07) is 6.83. The lowest BCUT2D eigenvalue weighted by atomic mass is 10.2. The molecule has 1 aromatic carbocycles. The summed E-state index contributed by atoms with van der Waals surface area (Å²) in [6.45, 7) is 2.15. The highest BCUT2D eigenvalue weighted by Gasteiger charge is 2.39. The first kappa shape index (κ1) is 15.3. The summed E-state index contributed by atoms with van der Waals surface area (Å²) < 4.78 is 14.0. The molecule has 0 unspecified atom stereocenters. The molecule has 118 valence electrons. The largest absolute Gasteiger partial charge is 0.353 e. The van der Waals surface area contributed by atoms with Crippen LogP contribution in [0.3, 0.4) is 0 Å². The number of hydrogen-bond donors (Lipinski definition) is 1. The monoisotopic (exact) mass is 322 g/mol. The average molecular weight is 322 g/mol. The number of thioether (sulfide) groups is 1. The second kappa shape index (κ2) is 6.28. The molecule has 1 saturated carbocycles. The lowest BCUT2D eigenvalue weighted by Gasteiger charge is -2.24. The third-order valence-electron chi connectivity index (χ3n) is 3.94. The van der Waals surface area contributed by atoms with Gasteiger partial charge in [0.05, 0.1) is 5.25 Å². The third kappa shape index (κ3) is 3.27. The molecule has 22 heavy (non-hydrogen) atoms. The maximum Gasteiger partial charge on any atom is 0.236 e. The van der Waals surface area contributed by atoms with Crippen molar-refractivity contribution in [2.45, 2.75) is 42.9 Å². The molecule has 1 aliphatic carbocycles. The van der Waals surface area contributed by atoms with Gasteiger partial charge in [-0.05, 0) is 25.8 Å². The predicted octanol–water partition coefficient (Wildman–Crippen LogP) is 2.46. The van der Waals surface area contributed by atoms with Gasteiger partial charge in [-0.25, -0.2) is 4.39 Å². The normalized spacial score (nSPS) is 24.6. The van der Waals surface area contributed by atoms with Crippen LogP contribution >= 0.6 is 11.8 Å². The molecule has 0 spiro atoms. The van der Waals surface area contributed by atoms with E-state index in [-0.39, 0.29) is 34.7 Å². The van der Waals surface area contributed by atoms with Crippen molar-refractivity contribution in [3.8, 4) is 0 Å². The van der Waals surface area contributed by atoms with E-state index in [4.69, 9.17) is 0 Å². The average Bonchev–Trinajstić information content (AvgIpc) is 3.25. The van der Waals surface area contributed by atoms with E-state index in [0.29, 0.717) is 18.2 Å². The number of nitrogens with one attached hydrogen (secondary N) is 1. The SMILES string of the molecule is C[C@H]1S[C@H](c2ccccc2F)N(CCC(=O)NC2CC2)C1=O. The molecule has 0 radical (unpaired) electrons. The van der Waals surface area contributed by atoms with Crippen LogP contribution in [0.4, 0.5) is 4.39 Å². The Labute approximate surface area is 133 Å². The van der Waals surface area contributed by atoms with Gasteiger partial charge in [0.1, 0.15) is 11.2 Å². The molecular weight excluding hydrogens is 303 g/mol. The smallest absolute Gasteiger partial charge is 0.236 e. The fraction of sp³-hybridized carbons (Fsp3) is 0.500. The molecule has 2 aliphatic rings. The first-order valence-corrected chi connectivity index (χ1v) is 8.50. The van der Waals surface area contributed by atoms with Crippen molar-refractivity contribution in [2.75, 3.05) is 6.54 Å². The number of carbonyl (C=O) groups is 2.